The molecule has 0 aromatic heterocycles. The molecule has 0 radical (unpaired) electrons. The molecule has 0 saturated carbocycles. The van der Waals surface area contributed by atoms with E-state index in [0.29, 0.717) is 25.1 Å². The molecule has 1 aromatic carbocycles. The van der Waals surface area contributed by atoms with Crippen LogP contribution in [0.25, 0.3) is 0 Å². The highest BCUT2D eigenvalue weighted by Gasteiger charge is 2.17. The first kappa shape index (κ1) is 19.9. The van der Waals surface area contributed by atoms with Crippen molar-refractivity contribution in [3.63, 3.8) is 0 Å². The van der Waals surface area contributed by atoms with Crippen LogP contribution in [-0.2, 0) is 14.3 Å². The van der Waals surface area contributed by atoms with Crippen molar-refractivity contribution in [1.82, 2.24) is 5.32 Å². The Balaban J connectivity index is 2.35. The van der Waals surface area contributed by atoms with Crippen LogP contribution in [0, 0.1) is 0 Å². The second-order valence-electron chi connectivity index (χ2n) is 5.04. The first-order valence-corrected chi connectivity index (χ1v) is 7.53. The van der Waals surface area contributed by atoms with Crippen LogP contribution < -0.4 is 27.8 Å². The molecule has 1 aromatic rings. The number of carbonyl (C=O) groups excluding carboxylic acids is 3. The van der Waals surface area contributed by atoms with Crippen LogP contribution in [-0.4, -0.2) is 43.1 Å². The van der Waals surface area contributed by atoms with E-state index in [-0.39, 0.29) is 12.5 Å². The molecule has 10 heteroatoms. The lowest BCUT2D eigenvalue weighted by molar-refractivity contribution is -0.136. The second kappa shape index (κ2) is 10.6. The first-order valence-electron chi connectivity index (χ1n) is 7.53. The minimum Gasteiger partial charge on any atom is -0.375 e. The van der Waals surface area contributed by atoms with Crippen molar-refractivity contribution >= 4 is 29.6 Å². The number of guanidine groups is 1. The van der Waals surface area contributed by atoms with Crippen molar-refractivity contribution in [3.8, 4) is 0 Å². The van der Waals surface area contributed by atoms with Crippen LogP contribution in [0.3, 0.4) is 0 Å². The average Bonchev–Trinajstić information content (AvgIpc) is 2.54. The van der Waals surface area contributed by atoms with Gasteiger partial charge < -0.3 is 21.9 Å². The zero-order valence-corrected chi connectivity index (χ0v) is 13.6. The van der Waals surface area contributed by atoms with Crippen LogP contribution in [0.15, 0.2) is 35.3 Å². The van der Waals surface area contributed by atoms with E-state index in [9.17, 15) is 14.4 Å². The minimum absolute atomic E-state index is 0.0448. The van der Waals surface area contributed by atoms with Crippen molar-refractivity contribution < 1.29 is 19.1 Å². The van der Waals surface area contributed by atoms with Crippen molar-refractivity contribution in [1.29, 1.82) is 0 Å². The molecule has 10 nitrogen and oxygen atoms in total. The normalized spacial score (nSPS) is 11.2. The highest BCUT2D eigenvalue weighted by Crippen LogP contribution is 2.05. The molecular weight excluding hydrogens is 328 g/mol. The van der Waals surface area contributed by atoms with Gasteiger partial charge in [0.25, 0.3) is 0 Å². The summed E-state index contributed by atoms with van der Waals surface area (Å²) in [5.41, 5.74) is 16.1. The number of esters is 1. The SMILES string of the molecule is NC(=O)[C@H](CCCN=C(N)N)NCC(=O)OC(=O)Nc1ccccc1. The van der Waals surface area contributed by atoms with E-state index in [4.69, 9.17) is 17.2 Å². The first-order chi connectivity index (χ1) is 11.9. The summed E-state index contributed by atoms with van der Waals surface area (Å²) < 4.78 is 4.58. The monoisotopic (exact) mass is 350 g/mol. The Hall–Kier alpha value is -3.14. The number of hydrogen-bond acceptors (Lipinski definition) is 6. The van der Waals surface area contributed by atoms with Gasteiger partial charge in [0.15, 0.2) is 5.96 Å². The molecule has 0 fully saturated rings. The second-order valence-corrected chi connectivity index (χ2v) is 5.04. The molecule has 8 N–H and O–H groups in total. The highest BCUT2D eigenvalue weighted by molar-refractivity contribution is 5.93. The van der Waals surface area contributed by atoms with E-state index in [2.05, 4.69) is 20.4 Å². The predicted molar refractivity (Wildman–Crippen MR) is 92.4 cm³/mol. The maximum Gasteiger partial charge on any atom is 0.419 e. The lowest BCUT2D eigenvalue weighted by Gasteiger charge is -2.14. The summed E-state index contributed by atoms with van der Waals surface area (Å²) in [6.07, 6.45) is -0.0983. The molecule has 2 amide bonds. The number of nitrogens with two attached hydrogens (primary N) is 3. The van der Waals surface area contributed by atoms with E-state index in [0.717, 1.165) is 0 Å². The molecule has 0 aliphatic rings. The summed E-state index contributed by atoms with van der Waals surface area (Å²) in [4.78, 5) is 38.3. The maximum absolute atomic E-state index is 11.6. The van der Waals surface area contributed by atoms with E-state index >= 15 is 0 Å². The van der Waals surface area contributed by atoms with Crippen molar-refractivity contribution in [2.75, 3.05) is 18.4 Å². The van der Waals surface area contributed by atoms with Gasteiger partial charge in [-0.3, -0.25) is 25.2 Å². The van der Waals surface area contributed by atoms with Gasteiger partial charge in [0.2, 0.25) is 5.91 Å². The Bertz CT molecular complexity index is 616. The summed E-state index contributed by atoms with van der Waals surface area (Å²) in [6.45, 7) is -0.0180. The molecule has 1 atom stereocenters. The van der Waals surface area contributed by atoms with Gasteiger partial charge in [0.1, 0.15) is 0 Å². The molecule has 25 heavy (non-hydrogen) atoms. The number of benzene rings is 1. The van der Waals surface area contributed by atoms with Gasteiger partial charge in [0, 0.05) is 12.2 Å². The highest BCUT2D eigenvalue weighted by atomic mass is 16.6. The average molecular weight is 350 g/mol. The summed E-state index contributed by atoms with van der Waals surface area (Å²) in [5.74, 6) is -1.52. The number of amides is 2. The predicted octanol–water partition coefficient (Wildman–Crippen LogP) is -0.741. The van der Waals surface area contributed by atoms with Crippen LogP contribution in [0.1, 0.15) is 12.8 Å². The maximum atomic E-state index is 11.6. The number of para-hydroxylation sites is 1. The Morgan fingerprint density at radius 2 is 1.80 bits per heavy atom. The molecule has 0 aliphatic carbocycles. The van der Waals surface area contributed by atoms with Crippen LogP contribution in [0.5, 0.6) is 0 Å². The Morgan fingerprint density at radius 1 is 1.12 bits per heavy atom. The third kappa shape index (κ3) is 8.91. The van der Waals surface area contributed by atoms with Gasteiger partial charge in [-0.15, -0.1) is 0 Å². The third-order valence-electron chi connectivity index (χ3n) is 3.01. The van der Waals surface area contributed by atoms with Gasteiger partial charge in [0.05, 0.1) is 12.6 Å². The number of anilines is 1. The summed E-state index contributed by atoms with van der Waals surface area (Å²) in [5, 5.41) is 5.03. The third-order valence-corrected chi connectivity index (χ3v) is 3.01. The molecule has 1 rings (SSSR count). The molecule has 0 spiro atoms. The van der Waals surface area contributed by atoms with Crippen LogP contribution in [0.4, 0.5) is 10.5 Å². The molecule has 0 heterocycles. The Kier molecular flexibility index (Phi) is 8.44. The number of ether oxygens (including phenoxy) is 1. The van der Waals surface area contributed by atoms with Gasteiger partial charge in [-0.1, -0.05) is 18.2 Å². The summed E-state index contributed by atoms with van der Waals surface area (Å²) in [7, 11) is 0. The molecule has 0 saturated heterocycles. The summed E-state index contributed by atoms with van der Waals surface area (Å²) >= 11 is 0. The fraction of sp³-hybridized carbons (Fsp3) is 0.333. The lowest BCUT2D eigenvalue weighted by atomic mass is 10.1. The number of carbonyl (C=O) groups is 3. The zero-order valence-electron chi connectivity index (χ0n) is 13.6. The quantitative estimate of drug-likeness (QED) is 0.128. The summed E-state index contributed by atoms with van der Waals surface area (Å²) in [6, 6.07) is 7.74. The number of primary amides is 1. The number of rotatable bonds is 9. The smallest absolute Gasteiger partial charge is 0.375 e. The lowest BCUT2D eigenvalue weighted by Crippen LogP contribution is -2.44. The molecule has 0 unspecified atom stereocenters. The molecule has 136 valence electrons. The number of nitrogens with one attached hydrogen (secondary N) is 2. The minimum atomic E-state index is -0.915. The van der Waals surface area contributed by atoms with Crippen molar-refractivity contribution in [2.45, 2.75) is 18.9 Å². The fourth-order valence-corrected chi connectivity index (χ4v) is 1.86. The topological polar surface area (TPSA) is 175 Å². The largest absolute Gasteiger partial charge is 0.419 e. The van der Waals surface area contributed by atoms with E-state index in [1.807, 2.05) is 0 Å². The molecular formula is C15H22N6O4. The van der Waals surface area contributed by atoms with Gasteiger partial charge in [-0.2, -0.15) is 0 Å². The number of nitrogens with zero attached hydrogens (tertiary/aromatic N) is 1. The van der Waals surface area contributed by atoms with Gasteiger partial charge in [-0.05, 0) is 25.0 Å². The van der Waals surface area contributed by atoms with Crippen LogP contribution in [0.2, 0.25) is 0 Å². The number of aliphatic imine (C=N–C) groups is 1. The van der Waals surface area contributed by atoms with Crippen molar-refractivity contribution in [2.24, 2.45) is 22.2 Å². The zero-order chi connectivity index (χ0) is 18.7. The molecule has 0 bridgehead atoms. The Morgan fingerprint density at radius 3 is 2.40 bits per heavy atom. The van der Waals surface area contributed by atoms with Crippen LogP contribution >= 0.6 is 0 Å². The van der Waals surface area contributed by atoms with E-state index < -0.39 is 24.0 Å². The fourth-order valence-electron chi connectivity index (χ4n) is 1.86. The van der Waals surface area contributed by atoms with Crippen molar-refractivity contribution in [3.05, 3.63) is 30.3 Å². The Labute approximate surface area is 144 Å². The van der Waals surface area contributed by atoms with E-state index in [1.54, 1.807) is 30.3 Å². The van der Waals surface area contributed by atoms with E-state index in [1.165, 1.54) is 0 Å². The molecule has 0 aliphatic heterocycles. The standard InChI is InChI=1S/C15H22N6O4/c16-13(23)11(7-4-8-19-14(17)18)20-9-12(22)25-15(24)21-10-5-2-1-3-6-10/h1-3,5-6,11,20H,4,7-9H2,(H2,16,23)(H,21,24)(H4,17,18,19)/t11-/m0/s1. The van der Waals surface area contributed by atoms with Gasteiger partial charge >= 0.3 is 12.1 Å². The number of hydrogen-bond donors (Lipinski definition) is 5. The van der Waals surface area contributed by atoms with Gasteiger partial charge in [-0.25, -0.2) is 4.79 Å².